The van der Waals surface area contributed by atoms with E-state index in [0.717, 1.165) is 63.1 Å². The van der Waals surface area contributed by atoms with Gasteiger partial charge in [0.05, 0.1) is 18.9 Å². The number of hydrogen-bond donors (Lipinski definition) is 5. The highest BCUT2D eigenvalue weighted by Crippen LogP contribution is 2.35. The van der Waals surface area contributed by atoms with Gasteiger partial charge in [0, 0.05) is 17.8 Å². The maximum Gasteiger partial charge on any atom is 0.271 e. The second kappa shape index (κ2) is 11.0. The molecule has 9 nitrogen and oxygen atoms in total. The van der Waals surface area contributed by atoms with Crippen molar-refractivity contribution in [3.05, 3.63) is 35.2 Å². The maximum atomic E-state index is 12.2. The number of nitrogens with two attached hydrogens (primary N) is 1. The Balaban J connectivity index is 1.61. The van der Waals surface area contributed by atoms with Crippen LogP contribution in [-0.4, -0.2) is 53.3 Å². The summed E-state index contributed by atoms with van der Waals surface area (Å²) in [5.41, 5.74) is 8.42. The first-order chi connectivity index (χ1) is 16.5. The van der Waals surface area contributed by atoms with E-state index in [1.54, 1.807) is 7.11 Å². The third-order valence-corrected chi connectivity index (χ3v) is 6.85. The van der Waals surface area contributed by atoms with Gasteiger partial charge >= 0.3 is 0 Å². The highest BCUT2D eigenvalue weighted by atomic mass is 16.5. The number of amides is 1. The normalized spacial score (nSPS) is 21.1. The number of aliphatic hydroxyl groups is 1. The van der Waals surface area contributed by atoms with Crippen LogP contribution in [0.25, 0.3) is 0 Å². The number of nitrogens with one attached hydrogen (secondary N) is 3. The maximum absolute atomic E-state index is 12.2. The zero-order chi connectivity index (χ0) is 24.1. The number of aromatic nitrogens is 2. The van der Waals surface area contributed by atoms with Crippen LogP contribution in [0.5, 0.6) is 5.75 Å². The molecular formula is C25H36N6O3. The second-order valence-corrected chi connectivity index (χ2v) is 9.19. The van der Waals surface area contributed by atoms with Crippen LogP contribution in [-0.2, 0) is 6.42 Å². The molecule has 184 valence electrons. The molecule has 9 heteroatoms. The molecule has 0 spiro atoms. The van der Waals surface area contributed by atoms with E-state index in [-0.39, 0.29) is 17.8 Å². The van der Waals surface area contributed by atoms with Crippen molar-refractivity contribution < 1.29 is 14.6 Å². The summed E-state index contributed by atoms with van der Waals surface area (Å²) < 4.78 is 5.70. The monoisotopic (exact) mass is 468 g/mol. The Morgan fingerprint density at radius 1 is 1.15 bits per heavy atom. The third kappa shape index (κ3) is 5.59. The summed E-state index contributed by atoms with van der Waals surface area (Å²) in [5, 5.41) is 19.9. The molecule has 1 amide bonds. The molecule has 0 radical (unpaired) electrons. The molecule has 6 N–H and O–H groups in total. The number of benzene rings is 1. The van der Waals surface area contributed by atoms with Crippen molar-refractivity contribution in [1.82, 2.24) is 15.3 Å². The lowest BCUT2D eigenvalue weighted by Gasteiger charge is -2.27. The van der Waals surface area contributed by atoms with Gasteiger partial charge in [-0.15, -0.1) is 0 Å². The molecule has 2 aliphatic rings. The lowest BCUT2D eigenvalue weighted by Crippen LogP contribution is -2.29. The number of carbonyl (C=O) groups is 1. The molecule has 2 fully saturated rings. The molecular weight excluding hydrogens is 432 g/mol. The van der Waals surface area contributed by atoms with E-state index in [4.69, 9.17) is 15.5 Å². The van der Waals surface area contributed by atoms with Gasteiger partial charge in [-0.1, -0.05) is 13.0 Å². The van der Waals surface area contributed by atoms with Crippen LogP contribution in [0.2, 0.25) is 0 Å². The van der Waals surface area contributed by atoms with Crippen molar-refractivity contribution >= 4 is 23.2 Å². The van der Waals surface area contributed by atoms with Gasteiger partial charge in [-0.3, -0.25) is 4.79 Å². The zero-order valence-electron chi connectivity index (χ0n) is 20.1. The van der Waals surface area contributed by atoms with Crippen molar-refractivity contribution in [1.29, 1.82) is 0 Å². The first kappa shape index (κ1) is 24.2. The number of ether oxygens (including phenoxy) is 1. The summed E-state index contributed by atoms with van der Waals surface area (Å²) >= 11 is 0. The Morgan fingerprint density at radius 2 is 1.88 bits per heavy atom. The Bertz CT molecular complexity index is 1000. The summed E-state index contributed by atoms with van der Waals surface area (Å²) in [7, 11) is 1.68. The van der Waals surface area contributed by atoms with E-state index in [0.29, 0.717) is 29.7 Å². The second-order valence-electron chi connectivity index (χ2n) is 9.19. The average Bonchev–Trinajstić information content (AvgIpc) is 2.86. The molecule has 0 atom stereocenters. The molecule has 1 aromatic heterocycles. The lowest BCUT2D eigenvalue weighted by atomic mass is 9.89. The summed E-state index contributed by atoms with van der Waals surface area (Å²) in [5.74, 6) is 1.61. The van der Waals surface area contributed by atoms with Gasteiger partial charge in [-0.2, -0.15) is 0 Å². The number of hydrogen-bond acceptors (Lipinski definition) is 8. The van der Waals surface area contributed by atoms with E-state index in [2.05, 4.69) is 27.0 Å². The third-order valence-electron chi connectivity index (χ3n) is 6.85. The van der Waals surface area contributed by atoms with Crippen molar-refractivity contribution in [2.24, 2.45) is 5.73 Å². The first-order valence-corrected chi connectivity index (χ1v) is 12.3. The zero-order valence-corrected chi connectivity index (χ0v) is 20.1. The van der Waals surface area contributed by atoms with E-state index in [1.165, 1.54) is 5.56 Å². The van der Waals surface area contributed by atoms with Crippen LogP contribution in [0.1, 0.15) is 73.1 Å². The smallest absolute Gasteiger partial charge is 0.271 e. The molecule has 2 aromatic rings. The highest BCUT2D eigenvalue weighted by molar-refractivity contribution is 5.96. The summed E-state index contributed by atoms with van der Waals surface area (Å²) in [6.07, 6.45) is 5.79. The Hall–Kier alpha value is -2.91. The molecule has 0 bridgehead atoms. The minimum atomic E-state index is -0.629. The largest absolute Gasteiger partial charge is 0.496 e. The van der Waals surface area contributed by atoms with Gasteiger partial charge in [0.25, 0.3) is 5.91 Å². The number of aryl methyl sites for hydroxylation is 1. The quantitative estimate of drug-likeness (QED) is 0.399. The lowest BCUT2D eigenvalue weighted by molar-refractivity contribution is 0.0996. The molecule has 34 heavy (non-hydrogen) atoms. The Kier molecular flexibility index (Phi) is 7.84. The Morgan fingerprint density at radius 3 is 2.53 bits per heavy atom. The van der Waals surface area contributed by atoms with Crippen LogP contribution in [0.3, 0.4) is 0 Å². The van der Waals surface area contributed by atoms with Crippen LogP contribution in [0, 0.1) is 0 Å². The van der Waals surface area contributed by atoms with Gasteiger partial charge in [0.15, 0.2) is 11.5 Å². The summed E-state index contributed by atoms with van der Waals surface area (Å²) in [4.78, 5) is 21.5. The van der Waals surface area contributed by atoms with Gasteiger partial charge in [0.2, 0.25) is 0 Å². The van der Waals surface area contributed by atoms with Crippen molar-refractivity contribution in [3.8, 4) is 5.75 Å². The molecule has 1 saturated heterocycles. The standard InChI is InChI=1S/C25H36N6O3/c1-3-20-24(28-16-4-7-18(32)8-5-16)31-25(22(30-20)23(26)33)29-17-6-9-19(21(14-17)34-2)15-10-12-27-13-11-15/h6,9,14-16,18,27,32H,3-5,7-8,10-13H2,1-2H3,(H2,26,33)(H2,28,29,31)/t16-,18-. The fourth-order valence-corrected chi connectivity index (χ4v) is 4.90. The van der Waals surface area contributed by atoms with E-state index in [1.807, 2.05) is 19.1 Å². The molecule has 0 unspecified atom stereocenters. The molecule has 1 aliphatic heterocycles. The van der Waals surface area contributed by atoms with E-state index in [9.17, 15) is 9.90 Å². The average molecular weight is 469 g/mol. The van der Waals surface area contributed by atoms with Crippen molar-refractivity contribution in [2.75, 3.05) is 30.8 Å². The predicted molar refractivity (Wildman–Crippen MR) is 133 cm³/mol. The van der Waals surface area contributed by atoms with Crippen LogP contribution < -0.4 is 26.4 Å². The number of aliphatic hydroxyl groups excluding tert-OH is 1. The fraction of sp³-hybridized carbons (Fsp3) is 0.560. The van der Waals surface area contributed by atoms with E-state index < -0.39 is 5.91 Å². The number of nitrogens with zero attached hydrogens (tertiary/aromatic N) is 2. The fourth-order valence-electron chi connectivity index (χ4n) is 4.90. The van der Waals surface area contributed by atoms with Crippen LogP contribution >= 0.6 is 0 Å². The van der Waals surface area contributed by atoms with Gasteiger partial charge in [-0.05, 0) is 75.6 Å². The number of methoxy groups -OCH3 is 1. The van der Waals surface area contributed by atoms with E-state index >= 15 is 0 Å². The Labute approximate surface area is 200 Å². The highest BCUT2D eigenvalue weighted by Gasteiger charge is 2.24. The summed E-state index contributed by atoms with van der Waals surface area (Å²) in [6, 6.07) is 6.21. The van der Waals surface area contributed by atoms with Crippen molar-refractivity contribution in [3.63, 3.8) is 0 Å². The summed E-state index contributed by atoms with van der Waals surface area (Å²) in [6.45, 7) is 3.98. The number of rotatable bonds is 8. The molecule has 2 heterocycles. The minimum Gasteiger partial charge on any atom is -0.496 e. The first-order valence-electron chi connectivity index (χ1n) is 12.3. The molecule has 4 rings (SSSR count). The van der Waals surface area contributed by atoms with Gasteiger partial charge < -0.3 is 31.5 Å². The van der Waals surface area contributed by atoms with Crippen LogP contribution in [0.4, 0.5) is 17.3 Å². The van der Waals surface area contributed by atoms with Crippen LogP contribution in [0.15, 0.2) is 18.2 Å². The minimum absolute atomic E-state index is 0.114. The van der Waals surface area contributed by atoms with Gasteiger partial charge in [0.1, 0.15) is 11.6 Å². The topological polar surface area (TPSA) is 134 Å². The number of anilines is 3. The van der Waals surface area contributed by atoms with Crippen molar-refractivity contribution in [2.45, 2.75) is 69.9 Å². The molecule has 1 aliphatic carbocycles. The number of piperidine rings is 1. The SMILES string of the molecule is CCc1nc(C(N)=O)c(Nc2ccc(C3CCNCC3)c(OC)c2)nc1N[C@H]1CC[C@H](O)CC1. The predicted octanol–water partition coefficient (Wildman–Crippen LogP) is 3.07. The molecule has 1 aromatic carbocycles. The number of primary amides is 1. The van der Waals surface area contributed by atoms with Gasteiger partial charge in [-0.25, -0.2) is 9.97 Å². The number of carbonyl (C=O) groups excluding carboxylic acids is 1. The molecule has 1 saturated carbocycles.